The first-order valence-electron chi connectivity index (χ1n) is 9.32. The van der Waals surface area contributed by atoms with Crippen molar-refractivity contribution < 1.29 is 9.21 Å². The lowest BCUT2D eigenvalue weighted by atomic mass is 10.0. The average molecular weight is 369 g/mol. The van der Waals surface area contributed by atoms with Gasteiger partial charge in [0.15, 0.2) is 0 Å². The van der Waals surface area contributed by atoms with E-state index >= 15 is 0 Å². The van der Waals surface area contributed by atoms with Crippen molar-refractivity contribution in [3.05, 3.63) is 59.5 Å². The van der Waals surface area contributed by atoms with Crippen LogP contribution in [0.1, 0.15) is 55.0 Å². The average Bonchev–Trinajstić information content (AvgIpc) is 3.41. The number of carbonyl (C=O) groups excluding carboxylic acids is 1. The van der Waals surface area contributed by atoms with Crippen molar-refractivity contribution in [2.75, 3.05) is 5.75 Å². The van der Waals surface area contributed by atoms with Crippen LogP contribution in [0.25, 0.3) is 0 Å². The number of furan rings is 1. The van der Waals surface area contributed by atoms with E-state index in [-0.39, 0.29) is 11.9 Å². The Labute approximate surface area is 158 Å². The Kier molecular flexibility index (Phi) is 5.16. The first-order valence-corrected chi connectivity index (χ1v) is 10.4. The molecule has 4 rings (SSSR count). The number of hydrogen-bond acceptors (Lipinski definition) is 4. The monoisotopic (exact) mass is 368 g/mol. The lowest BCUT2D eigenvalue weighted by Crippen LogP contribution is -2.29. The van der Waals surface area contributed by atoms with Gasteiger partial charge in [-0.3, -0.25) is 4.79 Å². The SMILES string of the molecule is Cc1ccc(C2=NN(C(=O)CSC3CCCC3)[C@@H](c3ccco3)C2)cc1. The third-order valence-corrected chi connectivity index (χ3v) is 6.52. The van der Waals surface area contributed by atoms with Crippen LogP contribution in [-0.2, 0) is 4.79 Å². The van der Waals surface area contributed by atoms with Crippen LogP contribution in [0.4, 0.5) is 0 Å². The molecule has 1 fully saturated rings. The number of nitrogens with zero attached hydrogens (tertiary/aromatic N) is 2. The molecule has 1 atom stereocenters. The number of rotatable bonds is 5. The van der Waals surface area contributed by atoms with Gasteiger partial charge in [-0.15, -0.1) is 11.8 Å². The highest BCUT2D eigenvalue weighted by Crippen LogP contribution is 2.35. The summed E-state index contributed by atoms with van der Waals surface area (Å²) in [4.78, 5) is 12.9. The Bertz CT molecular complexity index is 777. The summed E-state index contributed by atoms with van der Waals surface area (Å²) in [5.41, 5.74) is 3.24. The van der Waals surface area contributed by atoms with E-state index in [2.05, 4.69) is 31.2 Å². The molecule has 0 saturated heterocycles. The minimum absolute atomic E-state index is 0.0745. The van der Waals surface area contributed by atoms with Gasteiger partial charge in [0.05, 0.1) is 17.7 Å². The zero-order chi connectivity index (χ0) is 17.9. The second-order valence-electron chi connectivity index (χ2n) is 7.10. The Morgan fingerprint density at radius 3 is 2.69 bits per heavy atom. The van der Waals surface area contributed by atoms with E-state index in [1.54, 1.807) is 23.0 Å². The molecule has 4 nitrogen and oxygen atoms in total. The van der Waals surface area contributed by atoms with Gasteiger partial charge in [0.25, 0.3) is 5.91 Å². The van der Waals surface area contributed by atoms with Crippen molar-refractivity contribution in [1.82, 2.24) is 5.01 Å². The maximum Gasteiger partial charge on any atom is 0.253 e. The summed E-state index contributed by atoms with van der Waals surface area (Å²) in [6.45, 7) is 2.07. The van der Waals surface area contributed by atoms with Crippen LogP contribution in [0.5, 0.6) is 0 Å². The van der Waals surface area contributed by atoms with Gasteiger partial charge in [0.1, 0.15) is 11.8 Å². The summed E-state index contributed by atoms with van der Waals surface area (Å²) in [6.07, 6.45) is 7.40. The van der Waals surface area contributed by atoms with Gasteiger partial charge >= 0.3 is 0 Å². The fourth-order valence-corrected chi connectivity index (χ4v) is 4.85. The number of thioether (sulfide) groups is 1. The van der Waals surface area contributed by atoms with Gasteiger partial charge in [-0.1, -0.05) is 42.7 Å². The van der Waals surface area contributed by atoms with Gasteiger partial charge in [-0.25, -0.2) is 5.01 Å². The number of hydrogen-bond donors (Lipinski definition) is 0. The highest BCUT2D eigenvalue weighted by molar-refractivity contribution is 8.00. The minimum atomic E-state index is -0.141. The molecule has 1 aromatic heterocycles. The molecule has 0 N–H and O–H groups in total. The highest BCUT2D eigenvalue weighted by Gasteiger charge is 2.35. The maximum atomic E-state index is 12.9. The zero-order valence-electron chi connectivity index (χ0n) is 15.1. The molecule has 26 heavy (non-hydrogen) atoms. The molecular formula is C21H24N2O2S. The zero-order valence-corrected chi connectivity index (χ0v) is 15.9. The summed E-state index contributed by atoms with van der Waals surface area (Å²) in [5, 5.41) is 6.98. The Morgan fingerprint density at radius 2 is 2.00 bits per heavy atom. The van der Waals surface area contributed by atoms with Crippen LogP contribution in [0.15, 0.2) is 52.2 Å². The molecule has 1 saturated carbocycles. The lowest BCUT2D eigenvalue weighted by Gasteiger charge is -2.20. The van der Waals surface area contributed by atoms with Gasteiger partial charge in [0.2, 0.25) is 0 Å². The molecule has 1 aromatic carbocycles. The fourth-order valence-electron chi connectivity index (χ4n) is 3.67. The molecule has 1 amide bonds. The summed E-state index contributed by atoms with van der Waals surface area (Å²) >= 11 is 1.79. The van der Waals surface area contributed by atoms with Gasteiger partial charge < -0.3 is 4.42 Å². The first-order chi connectivity index (χ1) is 12.7. The lowest BCUT2D eigenvalue weighted by molar-refractivity contribution is -0.130. The third kappa shape index (κ3) is 3.73. The Balaban J connectivity index is 1.53. The van der Waals surface area contributed by atoms with Crippen molar-refractivity contribution >= 4 is 23.4 Å². The largest absolute Gasteiger partial charge is 0.467 e. The van der Waals surface area contributed by atoms with Crippen molar-refractivity contribution in [2.45, 2.75) is 50.3 Å². The molecule has 136 valence electrons. The molecule has 2 heterocycles. The topological polar surface area (TPSA) is 45.8 Å². The van der Waals surface area contributed by atoms with Crippen molar-refractivity contribution in [2.24, 2.45) is 5.10 Å². The van der Waals surface area contributed by atoms with Crippen LogP contribution in [0.3, 0.4) is 0 Å². The predicted molar refractivity (Wildman–Crippen MR) is 105 cm³/mol. The number of hydrazone groups is 1. The van der Waals surface area contributed by atoms with Crippen LogP contribution >= 0.6 is 11.8 Å². The number of amides is 1. The predicted octanol–water partition coefficient (Wildman–Crippen LogP) is 4.94. The molecule has 0 radical (unpaired) electrons. The molecule has 5 heteroatoms. The van der Waals surface area contributed by atoms with Crippen LogP contribution in [0, 0.1) is 6.92 Å². The number of carbonyl (C=O) groups is 1. The molecule has 2 aromatic rings. The smallest absolute Gasteiger partial charge is 0.253 e. The summed E-state index contributed by atoms with van der Waals surface area (Å²) < 4.78 is 5.61. The van der Waals surface area contributed by atoms with E-state index < -0.39 is 0 Å². The molecule has 0 bridgehead atoms. The first kappa shape index (κ1) is 17.4. The second-order valence-corrected chi connectivity index (χ2v) is 8.39. The van der Waals surface area contributed by atoms with E-state index in [0.29, 0.717) is 17.4 Å². The van der Waals surface area contributed by atoms with Gasteiger partial charge in [0, 0.05) is 11.7 Å². The molecule has 2 aliphatic rings. The van der Waals surface area contributed by atoms with Crippen molar-refractivity contribution in [1.29, 1.82) is 0 Å². The fraction of sp³-hybridized carbons (Fsp3) is 0.429. The van der Waals surface area contributed by atoms with Crippen LogP contribution in [-0.4, -0.2) is 27.6 Å². The molecule has 0 unspecified atom stereocenters. The highest BCUT2D eigenvalue weighted by atomic mass is 32.2. The van der Waals surface area contributed by atoms with Gasteiger partial charge in [-0.05, 0) is 37.5 Å². The van der Waals surface area contributed by atoms with Gasteiger partial charge in [-0.2, -0.15) is 5.10 Å². The molecular weight excluding hydrogens is 344 g/mol. The van der Waals surface area contributed by atoms with Crippen molar-refractivity contribution in [3.8, 4) is 0 Å². The summed E-state index contributed by atoms with van der Waals surface area (Å²) in [7, 11) is 0. The number of benzene rings is 1. The van der Waals surface area contributed by atoms with Crippen molar-refractivity contribution in [3.63, 3.8) is 0 Å². The van der Waals surface area contributed by atoms with E-state index in [1.165, 1.54) is 31.2 Å². The molecule has 0 spiro atoms. The number of aryl methyl sites for hydroxylation is 1. The van der Waals surface area contributed by atoms with Crippen LogP contribution < -0.4 is 0 Å². The van der Waals surface area contributed by atoms with E-state index in [0.717, 1.165) is 17.0 Å². The van der Waals surface area contributed by atoms with E-state index in [1.807, 2.05) is 12.1 Å². The quantitative estimate of drug-likeness (QED) is 0.751. The maximum absolute atomic E-state index is 12.9. The summed E-state index contributed by atoms with van der Waals surface area (Å²) in [5.74, 6) is 1.37. The molecule has 1 aliphatic heterocycles. The molecule has 1 aliphatic carbocycles. The van der Waals surface area contributed by atoms with E-state index in [4.69, 9.17) is 9.52 Å². The van der Waals surface area contributed by atoms with E-state index in [9.17, 15) is 4.79 Å². The standard InChI is InChI=1S/C21H24N2O2S/c1-15-8-10-16(11-9-15)18-13-19(20-7-4-12-25-20)23(22-18)21(24)14-26-17-5-2-3-6-17/h4,7-12,17,19H,2-3,5-6,13-14H2,1H3/t19-/m1/s1. The normalized spacial score (nSPS) is 20.6. The van der Waals surface area contributed by atoms with Crippen LogP contribution in [0.2, 0.25) is 0 Å². The minimum Gasteiger partial charge on any atom is -0.467 e. The summed E-state index contributed by atoms with van der Waals surface area (Å²) in [6, 6.07) is 12.0. The Hall–Kier alpha value is -2.01. The second kappa shape index (κ2) is 7.70. The Morgan fingerprint density at radius 1 is 1.23 bits per heavy atom. The third-order valence-electron chi connectivity index (χ3n) is 5.17.